The molecular weight excluding hydrogens is 330 g/mol. The van der Waals surface area contributed by atoms with Crippen molar-refractivity contribution in [1.29, 1.82) is 0 Å². The zero-order valence-electron chi connectivity index (χ0n) is 13.9. The minimum Gasteiger partial charge on any atom is -0.479 e. The van der Waals surface area contributed by atoms with Gasteiger partial charge in [-0.25, -0.2) is 4.79 Å². The number of nitrogens with one attached hydrogen (secondary N) is 1. The van der Waals surface area contributed by atoms with E-state index in [2.05, 4.69) is 5.32 Å². The SMILES string of the molecule is CC(Oc1ccc(Cl)cc1)C(=O)OCC(=O)NC1CCCCCC1. The van der Waals surface area contributed by atoms with Crippen LogP contribution in [0.1, 0.15) is 45.4 Å². The van der Waals surface area contributed by atoms with Crippen molar-refractivity contribution in [3.05, 3.63) is 29.3 Å². The number of carbonyl (C=O) groups excluding carboxylic acids is 2. The van der Waals surface area contributed by atoms with Crippen LogP contribution in [0.25, 0.3) is 0 Å². The van der Waals surface area contributed by atoms with E-state index in [0.717, 1.165) is 25.7 Å². The van der Waals surface area contributed by atoms with Crippen LogP contribution < -0.4 is 10.1 Å². The molecule has 24 heavy (non-hydrogen) atoms. The van der Waals surface area contributed by atoms with E-state index in [-0.39, 0.29) is 18.6 Å². The highest BCUT2D eigenvalue weighted by molar-refractivity contribution is 6.30. The fourth-order valence-corrected chi connectivity index (χ4v) is 2.84. The lowest BCUT2D eigenvalue weighted by Crippen LogP contribution is -2.38. The van der Waals surface area contributed by atoms with Crippen LogP contribution >= 0.6 is 11.6 Å². The van der Waals surface area contributed by atoms with E-state index in [1.165, 1.54) is 12.8 Å². The Hall–Kier alpha value is -1.75. The number of ether oxygens (including phenoxy) is 2. The molecule has 1 amide bonds. The Morgan fingerprint density at radius 2 is 1.79 bits per heavy atom. The van der Waals surface area contributed by atoms with Crippen LogP contribution in [0.5, 0.6) is 5.75 Å². The molecule has 1 atom stereocenters. The number of carbonyl (C=O) groups is 2. The summed E-state index contributed by atoms with van der Waals surface area (Å²) in [7, 11) is 0. The summed E-state index contributed by atoms with van der Waals surface area (Å²) in [5, 5.41) is 3.53. The number of hydrogen-bond acceptors (Lipinski definition) is 4. The van der Waals surface area contributed by atoms with E-state index in [1.807, 2.05) is 0 Å². The number of amides is 1. The molecule has 1 saturated carbocycles. The molecule has 0 aliphatic heterocycles. The van der Waals surface area contributed by atoms with Gasteiger partial charge in [0, 0.05) is 11.1 Å². The molecule has 1 unspecified atom stereocenters. The Bertz CT molecular complexity index is 538. The molecule has 0 radical (unpaired) electrons. The minimum absolute atomic E-state index is 0.196. The van der Waals surface area contributed by atoms with Gasteiger partial charge in [-0.3, -0.25) is 4.79 Å². The Labute approximate surface area is 147 Å². The Balaban J connectivity index is 1.70. The average Bonchev–Trinajstić information content (AvgIpc) is 2.83. The highest BCUT2D eigenvalue weighted by Gasteiger charge is 2.19. The van der Waals surface area contributed by atoms with Crippen LogP contribution in [0, 0.1) is 0 Å². The first-order chi connectivity index (χ1) is 11.5. The molecule has 1 aromatic carbocycles. The van der Waals surface area contributed by atoms with Crippen molar-refractivity contribution in [2.45, 2.75) is 57.6 Å². The second-order valence-electron chi connectivity index (χ2n) is 6.08. The van der Waals surface area contributed by atoms with E-state index < -0.39 is 12.1 Å². The lowest BCUT2D eigenvalue weighted by atomic mass is 10.1. The van der Waals surface area contributed by atoms with Gasteiger partial charge < -0.3 is 14.8 Å². The molecule has 0 saturated heterocycles. The van der Waals surface area contributed by atoms with Crippen LogP contribution in [0.15, 0.2) is 24.3 Å². The topological polar surface area (TPSA) is 64.6 Å². The van der Waals surface area contributed by atoms with E-state index in [0.29, 0.717) is 10.8 Å². The molecule has 0 aromatic heterocycles. The molecule has 5 nitrogen and oxygen atoms in total. The maximum atomic E-state index is 11.9. The van der Waals surface area contributed by atoms with E-state index in [9.17, 15) is 9.59 Å². The Morgan fingerprint density at radius 1 is 1.17 bits per heavy atom. The maximum absolute atomic E-state index is 11.9. The van der Waals surface area contributed by atoms with Gasteiger partial charge in [0.15, 0.2) is 12.7 Å². The van der Waals surface area contributed by atoms with Gasteiger partial charge in [0.25, 0.3) is 5.91 Å². The lowest BCUT2D eigenvalue weighted by molar-refractivity contribution is -0.154. The van der Waals surface area contributed by atoms with Crippen molar-refractivity contribution in [2.75, 3.05) is 6.61 Å². The summed E-state index contributed by atoms with van der Waals surface area (Å²) in [6, 6.07) is 6.89. The van der Waals surface area contributed by atoms with Crippen LogP contribution in [0.3, 0.4) is 0 Å². The molecule has 0 spiro atoms. The zero-order chi connectivity index (χ0) is 17.4. The summed E-state index contributed by atoms with van der Waals surface area (Å²) in [5.74, 6) is -0.304. The van der Waals surface area contributed by atoms with Gasteiger partial charge >= 0.3 is 5.97 Å². The van der Waals surface area contributed by atoms with Crippen molar-refractivity contribution < 1.29 is 19.1 Å². The van der Waals surface area contributed by atoms with Gasteiger partial charge in [-0.05, 0) is 44.0 Å². The Morgan fingerprint density at radius 3 is 2.42 bits per heavy atom. The molecule has 1 aliphatic carbocycles. The van der Waals surface area contributed by atoms with Gasteiger partial charge in [-0.1, -0.05) is 37.3 Å². The summed E-state index contributed by atoms with van der Waals surface area (Å²) in [6.45, 7) is 1.31. The number of benzene rings is 1. The first-order valence-corrected chi connectivity index (χ1v) is 8.80. The summed E-state index contributed by atoms with van der Waals surface area (Å²) in [6.07, 6.45) is 5.91. The molecule has 6 heteroatoms. The van der Waals surface area contributed by atoms with Gasteiger partial charge in [0.2, 0.25) is 0 Å². The highest BCUT2D eigenvalue weighted by atomic mass is 35.5. The molecular formula is C18H24ClNO4. The van der Waals surface area contributed by atoms with Crippen molar-refractivity contribution in [3.63, 3.8) is 0 Å². The first-order valence-electron chi connectivity index (χ1n) is 8.43. The largest absolute Gasteiger partial charge is 0.479 e. The molecule has 1 N–H and O–H groups in total. The second kappa shape index (κ2) is 9.52. The van der Waals surface area contributed by atoms with Crippen molar-refractivity contribution in [2.24, 2.45) is 0 Å². The lowest BCUT2D eigenvalue weighted by Gasteiger charge is -2.17. The first kappa shape index (κ1) is 18.6. The average molecular weight is 354 g/mol. The van der Waals surface area contributed by atoms with E-state index in [1.54, 1.807) is 31.2 Å². The maximum Gasteiger partial charge on any atom is 0.347 e. The smallest absolute Gasteiger partial charge is 0.347 e. The predicted molar refractivity (Wildman–Crippen MR) is 92.1 cm³/mol. The summed E-state index contributed by atoms with van der Waals surface area (Å²) in [5.41, 5.74) is 0. The minimum atomic E-state index is -0.795. The number of halogens is 1. The van der Waals surface area contributed by atoms with Crippen LogP contribution in [0.2, 0.25) is 5.02 Å². The van der Waals surface area contributed by atoms with Gasteiger partial charge in [-0.2, -0.15) is 0 Å². The third-order valence-electron chi connectivity index (χ3n) is 4.02. The third-order valence-corrected chi connectivity index (χ3v) is 4.28. The molecule has 1 aliphatic rings. The standard InChI is InChI=1S/C18H24ClNO4/c1-13(24-16-10-8-14(19)9-11-16)18(22)23-12-17(21)20-15-6-4-2-3-5-7-15/h8-11,13,15H,2-7,12H2,1H3,(H,20,21). The number of rotatable bonds is 6. The van der Waals surface area contributed by atoms with Crippen molar-refractivity contribution >= 4 is 23.5 Å². The zero-order valence-corrected chi connectivity index (χ0v) is 14.7. The molecule has 1 aromatic rings. The summed E-state index contributed by atoms with van der Waals surface area (Å²) >= 11 is 5.79. The fourth-order valence-electron chi connectivity index (χ4n) is 2.71. The highest BCUT2D eigenvalue weighted by Crippen LogP contribution is 2.18. The van der Waals surface area contributed by atoms with Gasteiger partial charge in [-0.15, -0.1) is 0 Å². The molecule has 132 valence electrons. The van der Waals surface area contributed by atoms with Crippen LogP contribution in [-0.4, -0.2) is 30.6 Å². The quantitative estimate of drug-likeness (QED) is 0.628. The molecule has 0 heterocycles. The third kappa shape index (κ3) is 6.40. The number of hydrogen-bond donors (Lipinski definition) is 1. The summed E-state index contributed by atoms with van der Waals surface area (Å²) in [4.78, 5) is 23.8. The fraction of sp³-hybridized carbons (Fsp3) is 0.556. The predicted octanol–water partition coefficient (Wildman–Crippen LogP) is 3.49. The normalized spacial score (nSPS) is 16.8. The number of esters is 1. The molecule has 0 bridgehead atoms. The Kier molecular flexibility index (Phi) is 7.37. The molecule has 2 rings (SSSR count). The van der Waals surface area contributed by atoms with Gasteiger partial charge in [0.1, 0.15) is 5.75 Å². The summed E-state index contributed by atoms with van der Waals surface area (Å²) < 4.78 is 10.5. The van der Waals surface area contributed by atoms with Crippen molar-refractivity contribution in [1.82, 2.24) is 5.32 Å². The monoisotopic (exact) mass is 353 g/mol. The van der Waals surface area contributed by atoms with Gasteiger partial charge in [0.05, 0.1) is 0 Å². The van der Waals surface area contributed by atoms with Crippen LogP contribution in [0.4, 0.5) is 0 Å². The van der Waals surface area contributed by atoms with Crippen LogP contribution in [-0.2, 0) is 14.3 Å². The van der Waals surface area contributed by atoms with E-state index >= 15 is 0 Å². The second-order valence-corrected chi connectivity index (χ2v) is 6.51. The molecule has 1 fully saturated rings. The van der Waals surface area contributed by atoms with E-state index in [4.69, 9.17) is 21.1 Å². The van der Waals surface area contributed by atoms with Crippen molar-refractivity contribution in [3.8, 4) is 5.75 Å².